The van der Waals surface area contributed by atoms with E-state index in [0.717, 1.165) is 5.56 Å². The Hall–Kier alpha value is -1.88. The van der Waals surface area contributed by atoms with Gasteiger partial charge >= 0.3 is 0 Å². The third kappa shape index (κ3) is 4.86. The van der Waals surface area contributed by atoms with Crippen molar-refractivity contribution in [3.63, 3.8) is 0 Å². The van der Waals surface area contributed by atoms with E-state index in [1.807, 2.05) is 44.2 Å². The second-order valence-corrected chi connectivity index (χ2v) is 5.93. The zero-order valence-electron chi connectivity index (χ0n) is 13.2. The Morgan fingerprint density at radius 3 is 2.38 bits per heavy atom. The maximum absolute atomic E-state index is 12.5. The molecular weight excluding hydrogens is 266 g/mol. The highest BCUT2D eigenvalue weighted by molar-refractivity contribution is 5.90. The molecule has 0 spiro atoms. The number of benzene rings is 1. The molecule has 0 aromatic heterocycles. The van der Waals surface area contributed by atoms with E-state index in [1.165, 1.54) is 4.90 Å². The lowest BCUT2D eigenvalue weighted by Gasteiger charge is -2.29. The van der Waals surface area contributed by atoms with Crippen molar-refractivity contribution in [2.24, 2.45) is 11.7 Å². The summed E-state index contributed by atoms with van der Waals surface area (Å²) in [5.74, 6) is -0.0872. The Morgan fingerprint density at radius 2 is 1.86 bits per heavy atom. The van der Waals surface area contributed by atoms with E-state index in [1.54, 1.807) is 14.0 Å². The highest BCUT2D eigenvalue weighted by Gasteiger charge is 2.33. The lowest BCUT2D eigenvalue weighted by molar-refractivity contribution is -0.139. The molecule has 0 saturated heterocycles. The van der Waals surface area contributed by atoms with Crippen LogP contribution in [0, 0.1) is 5.92 Å². The van der Waals surface area contributed by atoms with Crippen LogP contribution >= 0.6 is 0 Å². The molecule has 0 aliphatic heterocycles. The summed E-state index contributed by atoms with van der Waals surface area (Å²) in [6.45, 7) is 6.29. The molecule has 0 bridgehead atoms. The van der Waals surface area contributed by atoms with Gasteiger partial charge in [-0.2, -0.15) is 0 Å². The highest BCUT2D eigenvalue weighted by Crippen LogP contribution is 2.19. The molecule has 5 nitrogen and oxygen atoms in total. The summed E-state index contributed by atoms with van der Waals surface area (Å²) in [6, 6.07) is 9.16. The van der Waals surface area contributed by atoms with Crippen molar-refractivity contribution in [3.05, 3.63) is 35.9 Å². The number of nitrogens with one attached hydrogen (secondary N) is 1. The minimum absolute atomic E-state index is 0.00514. The fourth-order valence-electron chi connectivity index (χ4n) is 1.97. The number of rotatable bonds is 6. The van der Waals surface area contributed by atoms with Gasteiger partial charge in [0.25, 0.3) is 0 Å². The number of hydrogen-bond donors (Lipinski definition) is 2. The van der Waals surface area contributed by atoms with E-state index < -0.39 is 5.54 Å². The molecule has 21 heavy (non-hydrogen) atoms. The molecule has 0 saturated carbocycles. The maximum atomic E-state index is 12.5. The molecule has 1 aromatic rings. The SMILES string of the molecule is CC(C)CNC(=O)CN(C)C(=O)C(C)(N)c1ccccc1. The molecule has 0 fully saturated rings. The van der Waals surface area contributed by atoms with Gasteiger partial charge in [-0.25, -0.2) is 0 Å². The molecule has 2 amide bonds. The predicted octanol–water partition coefficient (Wildman–Crippen LogP) is 1.09. The average molecular weight is 291 g/mol. The lowest BCUT2D eigenvalue weighted by Crippen LogP contribution is -2.52. The molecule has 1 rings (SSSR count). The number of nitrogens with zero attached hydrogens (tertiary/aromatic N) is 1. The van der Waals surface area contributed by atoms with Crippen LogP contribution in [-0.4, -0.2) is 36.9 Å². The van der Waals surface area contributed by atoms with Gasteiger partial charge < -0.3 is 16.0 Å². The molecule has 3 N–H and O–H groups in total. The Morgan fingerprint density at radius 1 is 1.29 bits per heavy atom. The van der Waals surface area contributed by atoms with Crippen LogP contribution in [0.15, 0.2) is 30.3 Å². The molecule has 1 unspecified atom stereocenters. The molecule has 1 atom stereocenters. The number of carbonyl (C=O) groups is 2. The third-order valence-electron chi connectivity index (χ3n) is 3.25. The van der Waals surface area contributed by atoms with Crippen LogP contribution < -0.4 is 11.1 Å². The summed E-state index contributed by atoms with van der Waals surface area (Å²) in [7, 11) is 1.59. The Kier molecular flexibility index (Phi) is 5.90. The van der Waals surface area contributed by atoms with Gasteiger partial charge in [0, 0.05) is 13.6 Å². The van der Waals surface area contributed by atoms with Gasteiger partial charge in [0.15, 0.2) is 0 Å². The van der Waals surface area contributed by atoms with Gasteiger partial charge in [-0.15, -0.1) is 0 Å². The first-order valence-electron chi connectivity index (χ1n) is 7.11. The van der Waals surface area contributed by atoms with Crippen LogP contribution in [0.5, 0.6) is 0 Å². The minimum atomic E-state index is -1.14. The summed E-state index contributed by atoms with van der Waals surface area (Å²) in [5.41, 5.74) is 5.74. The summed E-state index contributed by atoms with van der Waals surface area (Å²) >= 11 is 0. The quantitative estimate of drug-likeness (QED) is 0.824. The fourth-order valence-corrected chi connectivity index (χ4v) is 1.97. The number of likely N-dealkylation sites (N-methyl/N-ethyl adjacent to an activating group) is 1. The van der Waals surface area contributed by atoms with E-state index in [4.69, 9.17) is 5.73 Å². The molecule has 5 heteroatoms. The van der Waals surface area contributed by atoms with E-state index >= 15 is 0 Å². The average Bonchev–Trinajstić information content (AvgIpc) is 2.45. The second-order valence-electron chi connectivity index (χ2n) is 5.93. The first kappa shape index (κ1) is 17.2. The van der Waals surface area contributed by atoms with Crippen LogP contribution in [0.1, 0.15) is 26.3 Å². The van der Waals surface area contributed by atoms with Crippen LogP contribution in [0.2, 0.25) is 0 Å². The van der Waals surface area contributed by atoms with Crippen molar-refractivity contribution in [1.82, 2.24) is 10.2 Å². The van der Waals surface area contributed by atoms with Crippen LogP contribution in [0.4, 0.5) is 0 Å². The molecule has 0 aliphatic carbocycles. The Labute approximate surface area is 126 Å². The zero-order valence-corrected chi connectivity index (χ0v) is 13.2. The van der Waals surface area contributed by atoms with E-state index in [9.17, 15) is 9.59 Å². The summed E-state index contributed by atoms with van der Waals surface area (Å²) in [5, 5.41) is 2.79. The molecule has 116 valence electrons. The van der Waals surface area contributed by atoms with E-state index in [2.05, 4.69) is 5.32 Å². The fraction of sp³-hybridized carbons (Fsp3) is 0.500. The standard InChI is InChI=1S/C16H25N3O2/c1-12(2)10-18-14(20)11-19(4)15(21)16(3,17)13-8-6-5-7-9-13/h5-9,12H,10-11,17H2,1-4H3,(H,18,20). The van der Waals surface area contributed by atoms with Gasteiger partial charge in [0.05, 0.1) is 6.54 Å². The number of hydrogen-bond acceptors (Lipinski definition) is 3. The van der Waals surface area contributed by atoms with Crippen LogP contribution in [0.25, 0.3) is 0 Å². The monoisotopic (exact) mass is 291 g/mol. The van der Waals surface area contributed by atoms with Gasteiger partial charge in [-0.3, -0.25) is 9.59 Å². The third-order valence-corrected chi connectivity index (χ3v) is 3.25. The van der Waals surface area contributed by atoms with Gasteiger partial charge in [-0.05, 0) is 18.4 Å². The highest BCUT2D eigenvalue weighted by atomic mass is 16.2. The number of amides is 2. The lowest BCUT2D eigenvalue weighted by atomic mass is 9.92. The molecular formula is C16H25N3O2. The largest absolute Gasteiger partial charge is 0.354 e. The van der Waals surface area contributed by atoms with Crippen molar-refractivity contribution in [2.45, 2.75) is 26.3 Å². The van der Waals surface area contributed by atoms with Crippen molar-refractivity contribution in [3.8, 4) is 0 Å². The van der Waals surface area contributed by atoms with E-state index in [0.29, 0.717) is 12.5 Å². The minimum Gasteiger partial charge on any atom is -0.354 e. The van der Waals surface area contributed by atoms with Crippen molar-refractivity contribution in [2.75, 3.05) is 20.1 Å². The molecule has 1 aromatic carbocycles. The molecule has 0 heterocycles. The first-order valence-corrected chi connectivity index (χ1v) is 7.11. The normalized spacial score (nSPS) is 13.6. The second kappa shape index (κ2) is 7.22. The van der Waals surface area contributed by atoms with E-state index in [-0.39, 0.29) is 18.4 Å². The Balaban J connectivity index is 2.67. The first-order chi connectivity index (χ1) is 9.75. The van der Waals surface area contributed by atoms with Crippen LogP contribution in [0.3, 0.4) is 0 Å². The van der Waals surface area contributed by atoms with Gasteiger partial charge in [0.2, 0.25) is 11.8 Å². The zero-order chi connectivity index (χ0) is 16.0. The van der Waals surface area contributed by atoms with Crippen molar-refractivity contribution in [1.29, 1.82) is 0 Å². The topological polar surface area (TPSA) is 75.4 Å². The molecule has 0 radical (unpaired) electrons. The van der Waals surface area contributed by atoms with Crippen molar-refractivity contribution >= 4 is 11.8 Å². The van der Waals surface area contributed by atoms with Crippen molar-refractivity contribution < 1.29 is 9.59 Å². The Bertz CT molecular complexity index is 484. The molecule has 0 aliphatic rings. The summed E-state index contributed by atoms with van der Waals surface area (Å²) in [4.78, 5) is 25.6. The van der Waals surface area contributed by atoms with Gasteiger partial charge in [-0.1, -0.05) is 44.2 Å². The predicted molar refractivity (Wildman–Crippen MR) is 83.5 cm³/mol. The summed E-state index contributed by atoms with van der Waals surface area (Å²) in [6.07, 6.45) is 0. The maximum Gasteiger partial charge on any atom is 0.247 e. The summed E-state index contributed by atoms with van der Waals surface area (Å²) < 4.78 is 0. The number of nitrogens with two attached hydrogens (primary N) is 1. The van der Waals surface area contributed by atoms with Gasteiger partial charge in [0.1, 0.15) is 5.54 Å². The van der Waals surface area contributed by atoms with Crippen LogP contribution in [-0.2, 0) is 15.1 Å². The smallest absolute Gasteiger partial charge is 0.247 e. The number of carbonyl (C=O) groups excluding carboxylic acids is 2.